The van der Waals surface area contributed by atoms with E-state index in [1.165, 1.54) is 16.1 Å². The van der Waals surface area contributed by atoms with Gasteiger partial charge in [0.2, 0.25) is 10.0 Å². The number of aryl methyl sites for hydroxylation is 1. The summed E-state index contributed by atoms with van der Waals surface area (Å²) in [6.07, 6.45) is 5.58. The smallest absolute Gasteiger partial charge is 0.269 e. The topological polar surface area (TPSA) is 92.6 Å². The molecule has 0 radical (unpaired) electrons. The van der Waals surface area contributed by atoms with Crippen molar-refractivity contribution < 1.29 is 16.8 Å². The Balaban J connectivity index is 1.23. The van der Waals surface area contributed by atoms with Crippen LogP contribution >= 0.6 is 34.8 Å². The van der Waals surface area contributed by atoms with Crippen molar-refractivity contribution in [2.24, 2.45) is 11.8 Å². The van der Waals surface area contributed by atoms with Gasteiger partial charge in [-0.2, -0.15) is 4.31 Å². The lowest BCUT2D eigenvalue weighted by Gasteiger charge is -2.57. The Bertz CT molecular complexity index is 1970. The zero-order chi connectivity index (χ0) is 32.2. The predicted octanol–water partition coefficient (Wildman–Crippen LogP) is 7.12. The highest BCUT2D eigenvalue weighted by Gasteiger charge is 2.51. The van der Waals surface area contributed by atoms with E-state index in [0.29, 0.717) is 63.8 Å². The van der Waals surface area contributed by atoms with Gasteiger partial charge in [-0.15, -0.1) is 0 Å². The maximum Gasteiger partial charge on any atom is 0.269 e. The average Bonchev–Trinajstić information content (AvgIpc) is 3.40. The predicted molar refractivity (Wildman–Crippen MR) is 182 cm³/mol. The van der Waals surface area contributed by atoms with Gasteiger partial charge in [0.25, 0.3) is 10.0 Å². The number of nitrogens with zero attached hydrogens (tertiary/aromatic N) is 4. The monoisotopic (exact) mass is 720 g/mol. The molecule has 8 nitrogen and oxygen atoms in total. The summed E-state index contributed by atoms with van der Waals surface area (Å²) in [6.45, 7) is 2.60. The first-order valence-corrected chi connectivity index (χ1v) is 19.7. The van der Waals surface area contributed by atoms with Crippen LogP contribution in [-0.4, -0.2) is 66.7 Å². The van der Waals surface area contributed by atoms with Crippen molar-refractivity contribution >= 4 is 65.9 Å². The number of fused-ring (bicyclic) bond motifs is 1. The molecule has 4 atom stereocenters. The molecule has 0 saturated carbocycles. The van der Waals surface area contributed by atoms with Crippen LogP contribution < -0.4 is 0 Å². The minimum Gasteiger partial charge on any atom is -0.300 e. The molecular weight excluding hydrogens is 687 g/mol. The van der Waals surface area contributed by atoms with Crippen LogP contribution in [0.2, 0.25) is 15.1 Å². The van der Waals surface area contributed by atoms with Crippen molar-refractivity contribution in [3.05, 3.63) is 87.6 Å². The summed E-state index contributed by atoms with van der Waals surface area (Å²) in [5.74, 6) is 0.872. The van der Waals surface area contributed by atoms with Gasteiger partial charge < -0.3 is 0 Å². The molecule has 4 heterocycles. The van der Waals surface area contributed by atoms with Gasteiger partial charge in [-0.05, 0) is 130 Å². The zero-order valence-electron chi connectivity index (χ0n) is 25.1. The van der Waals surface area contributed by atoms with Gasteiger partial charge in [0.1, 0.15) is 5.82 Å². The fourth-order valence-corrected chi connectivity index (χ4v) is 11.7. The number of halogens is 3. The van der Waals surface area contributed by atoms with E-state index in [-0.39, 0.29) is 27.7 Å². The lowest BCUT2D eigenvalue weighted by molar-refractivity contribution is -0.0523. The third kappa shape index (κ3) is 5.88. The molecule has 4 aromatic rings. The van der Waals surface area contributed by atoms with Gasteiger partial charge in [-0.25, -0.2) is 25.8 Å². The van der Waals surface area contributed by atoms with Crippen LogP contribution in [0.25, 0.3) is 11.0 Å². The van der Waals surface area contributed by atoms with Crippen molar-refractivity contribution in [2.75, 3.05) is 19.6 Å². The fraction of sp³-hybridized carbons (Fsp3) is 0.424. The second kappa shape index (κ2) is 12.7. The molecule has 3 aromatic carbocycles. The van der Waals surface area contributed by atoms with Crippen LogP contribution in [0.1, 0.15) is 44.3 Å². The van der Waals surface area contributed by atoms with E-state index in [1.54, 1.807) is 58.9 Å². The highest BCUT2D eigenvalue weighted by atomic mass is 35.5. The quantitative estimate of drug-likeness (QED) is 0.193. The van der Waals surface area contributed by atoms with Crippen LogP contribution in [0.3, 0.4) is 0 Å². The lowest BCUT2D eigenvalue weighted by atomic mass is 9.70. The highest BCUT2D eigenvalue weighted by Crippen LogP contribution is 2.45. The molecule has 3 fully saturated rings. The average molecular weight is 722 g/mol. The Labute approximate surface area is 285 Å². The Hall–Kier alpha value is -2.18. The molecule has 3 aliphatic heterocycles. The van der Waals surface area contributed by atoms with Gasteiger partial charge in [-0.3, -0.25) is 4.90 Å². The third-order valence-electron chi connectivity index (χ3n) is 9.94. The Morgan fingerprint density at radius 2 is 1.37 bits per heavy atom. The van der Waals surface area contributed by atoms with Gasteiger partial charge >= 0.3 is 0 Å². The van der Waals surface area contributed by atoms with Crippen LogP contribution in [-0.2, 0) is 26.5 Å². The summed E-state index contributed by atoms with van der Waals surface area (Å²) < 4.78 is 59.5. The van der Waals surface area contributed by atoms with Crippen molar-refractivity contribution in [3.63, 3.8) is 0 Å². The van der Waals surface area contributed by atoms with Crippen LogP contribution in [0, 0.1) is 11.8 Å². The summed E-state index contributed by atoms with van der Waals surface area (Å²) >= 11 is 18.4. The highest BCUT2D eigenvalue weighted by molar-refractivity contribution is 7.90. The number of piperidine rings is 3. The van der Waals surface area contributed by atoms with Gasteiger partial charge in [0.15, 0.2) is 0 Å². The maximum absolute atomic E-state index is 14.2. The second-order valence-corrected chi connectivity index (χ2v) is 17.6. The Kier molecular flexibility index (Phi) is 8.93. The van der Waals surface area contributed by atoms with Crippen LogP contribution in [0.5, 0.6) is 0 Å². The zero-order valence-corrected chi connectivity index (χ0v) is 29.0. The molecule has 0 spiro atoms. The van der Waals surface area contributed by atoms with E-state index in [1.807, 2.05) is 0 Å². The second-order valence-electron chi connectivity index (χ2n) is 12.6. The normalized spacial score (nSPS) is 24.2. The van der Waals surface area contributed by atoms with Gasteiger partial charge in [0, 0.05) is 40.1 Å². The molecule has 0 unspecified atom stereocenters. The number of hydrogen-bond donors (Lipinski definition) is 0. The molecule has 1 aromatic heterocycles. The van der Waals surface area contributed by atoms with E-state index in [4.69, 9.17) is 39.8 Å². The minimum absolute atomic E-state index is 0.102. The first-order chi connectivity index (χ1) is 22.0. The summed E-state index contributed by atoms with van der Waals surface area (Å²) in [5.41, 5.74) is 0.921. The Morgan fingerprint density at radius 3 is 2.04 bits per heavy atom. The van der Waals surface area contributed by atoms with Gasteiger partial charge in [0.05, 0.1) is 20.8 Å². The van der Waals surface area contributed by atoms with E-state index in [2.05, 4.69) is 4.90 Å². The third-order valence-corrected chi connectivity index (χ3v) is 14.3. The van der Waals surface area contributed by atoms with Crippen LogP contribution in [0.4, 0.5) is 0 Å². The molecule has 0 aliphatic carbocycles. The van der Waals surface area contributed by atoms with E-state index in [0.717, 1.165) is 38.8 Å². The van der Waals surface area contributed by atoms with Crippen molar-refractivity contribution in [3.8, 4) is 0 Å². The van der Waals surface area contributed by atoms with Crippen LogP contribution in [0.15, 0.2) is 76.5 Å². The van der Waals surface area contributed by atoms with Crippen molar-refractivity contribution in [2.45, 2.75) is 66.8 Å². The van der Waals surface area contributed by atoms with E-state index < -0.39 is 20.0 Å². The molecule has 244 valence electrons. The molecule has 0 N–H and O–H groups in total. The summed E-state index contributed by atoms with van der Waals surface area (Å²) in [5, 5.41) is 1.39. The lowest BCUT2D eigenvalue weighted by Crippen LogP contribution is -2.65. The fourth-order valence-electron chi connectivity index (χ4n) is 8.02. The summed E-state index contributed by atoms with van der Waals surface area (Å²) in [7, 11) is -7.80. The molecule has 3 aliphatic rings. The van der Waals surface area contributed by atoms with E-state index >= 15 is 0 Å². The Morgan fingerprint density at radius 1 is 0.761 bits per heavy atom. The molecular formula is C33H35Cl3N4O4S2. The summed E-state index contributed by atoms with van der Waals surface area (Å²) in [6, 6.07) is 17.6. The molecule has 13 heteroatoms. The molecule has 46 heavy (non-hydrogen) atoms. The van der Waals surface area contributed by atoms with Gasteiger partial charge in [-0.1, -0.05) is 34.8 Å². The van der Waals surface area contributed by atoms with Crippen molar-refractivity contribution in [1.29, 1.82) is 0 Å². The van der Waals surface area contributed by atoms with E-state index in [9.17, 15) is 16.8 Å². The number of benzene rings is 3. The number of aromatic nitrogens is 2. The standard InChI is InChI=1S/C33H35Cl3N4O4S2/c34-23-8-13-26(14-9-23)45(41,42)39-21-22-4-2-18-38-19-3-5-28(33(22)38)30(39)6-1-7-32-37-29-20-25(36)12-17-31(29)40(32)46(43,44)27-15-10-24(35)11-16-27/h8-17,20,22,28,30,33H,1-7,18-19,21H2/t22-,28+,30+,33-/m0/s1. The molecule has 0 bridgehead atoms. The summed E-state index contributed by atoms with van der Waals surface area (Å²) in [4.78, 5) is 7.67. The first kappa shape index (κ1) is 32.4. The number of rotatable bonds is 8. The molecule has 3 saturated heterocycles. The van der Waals surface area contributed by atoms with Crippen molar-refractivity contribution in [1.82, 2.24) is 18.2 Å². The largest absolute Gasteiger partial charge is 0.300 e. The molecule has 7 rings (SSSR count). The number of imidazole rings is 1. The first-order valence-electron chi connectivity index (χ1n) is 15.7. The minimum atomic E-state index is -4.01. The number of hydrogen-bond acceptors (Lipinski definition) is 6. The SMILES string of the molecule is O=S(=O)(c1ccc(Cl)cc1)N1C[C@@H]2CCCN3CCC[C@@H]([C@H]23)[C@H]1CCCc1nc2cc(Cl)ccc2n1S(=O)(=O)c1ccc(Cl)cc1. The molecule has 0 amide bonds. The maximum atomic E-state index is 14.2. The number of sulfonamides is 1.